The standard InChI is InChI=1S/C14H25N5O/c1-14(2,3)6-9-16-13(20)12-10-19(18-17-12)11-4-7-15-8-5-11/h10-11,15H,4-9H2,1-3H3,(H,16,20). The minimum absolute atomic E-state index is 0.130. The first kappa shape index (κ1) is 15.0. The molecule has 0 atom stereocenters. The molecule has 6 nitrogen and oxygen atoms in total. The van der Waals surface area contributed by atoms with Crippen LogP contribution in [0.2, 0.25) is 0 Å². The summed E-state index contributed by atoms with van der Waals surface area (Å²) in [4.78, 5) is 12.0. The Morgan fingerprint density at radius 1 is 1.45 bits per heavy atom. The molecule has 1 amide bonds. The topological polar surface area (TPSA) is 71.8 Å². The van der Waals surface area contributed by atoms with Crippen LogP contribution in [0.15, 0.2) is 6.20 Å². The van der Waals surface area contributed by atoms with Crippen molar-refractivity contribution in [2.24, 2.45) is 5.41 Å². The molecule has 2 rings (SSSR count). The van der Waals surface area contributed by atoms with Gasteiger partial charge in [0, 0.05) is 6.54 Å². The number of carbonyl (C=O) groups excluding carboxylic acids is 1. The maximum absolute atomic E-state index is 12.0. The van der Waals surface area contributed by atoms with E-state index in [1.54, 1.807) is 6.20 Å². The van der Waals surface area contributed by atoms with Gasteiger partial charge in [-0.2, -0.15) is 0 Å². The van der Waals surface area contributed by atoms with Crippen LogP contribution in [0.4, 0.5) is 0 Å². The Bertz CT molecular complexity index is 443. The quantitative estimate of drug-likeness (QED) is 0.873. The molecule has 2 N–H and O–H groups in total. The van der Waals surface area contributed by atoms with Crippen molar-refractivity contribution in [1.29, 1.82) is 0 Å². The Morgan fingerprint density at radius 2 is 2.15 bits per heavy atom. The summed E-state index contributed by atoms with van der Waals surface area (Å²) in [5, 5.41) is 14.3. The first-order valence-electron chi connectivity index (χ1n) is 7.36. The molecular weight excluding hydrogens is 254 g/mol. The molecule has 0 radical (unpaired) electrons. The molecule has 0 unspecified atom stereocenters. The van der Waals surface area contributed by atoms with Crippen molar-refractivity contribution in [1.82, 2.24) is 25.6 Å². The summed E-state index contributed by atoms with van der Waals surface area (Å²) >= 11 is 0. The lowest BCUT2D eigenvalue weighted by Gasteiger charge is -2.22. The van der Waals surface area contributed by atoms with Gasteiger partial charge >= 0.3 is 0 Å². The number of carbonyl (C=O) groups is 1. The van der Waals surface area contributed by atoms with Crippen molar-refractivity contribution >= 4 is 5.91 Å². The van der Waals surface area contributed by atoms with E-state index in [4.69, 9.17) is 0 Å². The van der Waals surface area contributed by atoms with E-state index in [-0.39, 0.29) is 11.3 Å². The van der Waals surface area contributed by atoms with Crippen LogP contribution in [0.3, 0.4) is 0 Å². The minimum Gasteiger partial charge on any atom is -0.351 e. The van der Waals surface area contributed by atoms with Gasteiger partial charge in [-0.15, -0.1) is 5.10 Å². The molecule has 1 saturated heterocycles. The summed E-state index contributed by atoms with van der Waals surface area (Å²) in [6.45, 7) is 9.14. The average molecular weight is 279 g/mol. The molecular formula is C14H25N5O. The molecule has 6 heteroatoms. The summed E-state index contributed by atoms with van der Waals surface area (Å²) < 4.78 is 1.83. The number of rotatable bonds is 4. The zero-order valence-electron chi connectivity index (χ0n) is 12.6. The number of amides is 1. The van der Waals surface area contributed by atoms with Gasteiger partial charge in [0.15, 0.2) is 5.69 Å². The van der Waals surface area contributed by atoms with E-state index in [0.29, 0.717) is 18.3 Å². The molecule has 1 aliphatic heterocycles. The van der Waals surface area contributed by atoms with Crippen molar-refractivity contribution in [2.75, 3.05) is 19.6 Å². The summed E-state index contributed by atoms with van der Waals surface area (Å²) in [6, 6.07) is 0.361. The molecule has 0 aliphatic carbocycles. The van der Waals surface area contributed by atoms with Crippen molar-refractivity contribution in [3.8, 4) is 0 Å². The second-order valence-electron chi connectivity index (χ2n) is 6.63. The molecule has 0 spiro atoms. The molecule has 0 bridgehead atoms. The maximum atomic E-state index is 12.0. The molecule has 1 aromatic heterocycles. The number of aromatic nitrogens is 3. The van der Waals surface area contributed by atoms with Gasteiger partial charge in [-0.1, -0.05) is 26.0 Å². The molecule has 112 valence electrons. The monoisotopic (exact) mass is 279 g/mol. The van der Waals surface area contributed by atoms with Crippen LogP contribution in [-0.4, -0.2) is 40.5 Å². The first-order valence-corrected chi connectivity index (χ1v) is 7.36. The highest BCUT2D eigenvalue weighted by atomic mass is 16.2. The van der Waals surface area contributed by atoms with Gasteiger partial charge in [0.25, 0.3) is 5.91 Å². The smallest absolute Gasteiger partial charge is 0.273 e. The second-order valence-corrected chi connectivity index (χ2v) is 6.63. The van der Waals surface area contributed by atoms with Crippen molar-refractivity contribution in [3.63, 3.8) is 0 Å². The van der Waals surface area contributed by atoms with Gasteiger partial charge in [0.2, 0.25) is 0 Å². The van der Waals surface area contributed by atoms with Crippen LogP contribution in [0.1, 0.15) is 56.6 Å². The predicted molar refractivity (Wildman–Crippen MR) is 77.6 cm³/mol. The van der Waals surface area contributed by atoms with E-state index in [1.807, 2.05) is 4.68 Å². The molecule has 1 fully saturated rings. The second kappa shape index (κ2) is 6.35. The van der Waals surface area contributed by atoms with Gasteiger partial charge in [-0.25, -0.2) is 4.68 Å². The third-order valence-electron chi connectivity index (χ3n) is 3.59. The Kier molecular flexibility index (Phi) is 4.75. The summed E-state index contributed by atoms with van der Waals surface area (Å²) in [6.07, 6.45) is 4.78. The Hall–Kier alpha value is -1.43. The van der Waals surface area contributed by atoms with Crippen LogP contribution >= 0.6 is 0 Å². The number of hydrogen-bond acceptors (Lipinski definition) is 4. The van der Waals surface area contributed by atoms with Crippen molar-refractivity contribution in [2.45, 2.75) is 46.1 Å². The summed E-state index contributed by atoms with van der Waals surface area (Å²) in [5.41, 5.74) is 0.637. The third kappa shape index (κ3) is 4.30. The molecule has 2 heterocycles. The highest BCUT2D eigenvalue weighted by Crippen LogP contribution is 2.18. The zero-order valence-corrected chi connectivity index (χ0v) is 12.6. The number of nitrogens with one attached hydrogen (secondary N) is 2. The Labute approximate surface area is 120 Å². The molecule has 0 aromatic carbocycles. The van der Waals surface area contributed by atoms with Gasteiger partial charge < -0.3 is 10.6 Å². The van der Waals surface area contributed by atoms with E-state index >= 15 is 0 Å². The Morgan fingerprint density at radius 3 is 2.80 bits per heavy atom. The highest BCUT2D eigenvalue weighted by Gasteiger charge is 2.19. The molecule has 1 aromatic rings. The number of hydrogen-bond donors (Lipinski definition) is 2. The fraction of sp³-hybridized carbons (Fsp3) is 0.786. The SMILES string of the molecule is CC(C)(C)CCNC(=O)c1cn(C2CCNCC2)nn1. The van der Waals surface area contributed by atoms with E-state index in [1.165, 1.54) is 0 Å². The van der Waals surface area contributed by atoms with Crippen LogP contribution in [0, 0.1) is 5.41 Å². The van der Waals surface area contributed by atoms with Crippen LogP contribution < -0.4 is 10.6 Å². The maximum Gasteiger partial charge on any atom is 0.273 e. The molecule has 1 aliphatic rings. The number of nitrogens with zero attached hydrogens (tertiary/aromatic N) is 3. The fourth-order valence-corrected chi connectivity index (χ4v) is 2.27. The Balaban J connectivity index is 1.86. The van der Waals surface area contributed by atoms with Crippen LogP contribution in [-0.2, 0) is 0 Å². The van der Waals surface area contributed by atoms with E-state index < -0.39 is 0 Å². The van der Waals surface area contributed by atoms with Crippen LogP contribution in [0.5, 0.6) is 0 Å². The third-order valence-corrected chi connectivity index (χ3v) is 3.59. The largest absolute Gasteiger partial charge is 0.351 e. The van der Waals surface area contributed by atoms with E-state index in [2.05, 4.69) is 41.7 Å². The average Bonchev–Trinajstić information content (AvgIpc) is 2.88. The lowest BCUT2D eigenvalue weighted by Crippen LogP contribution is -2.29. The normalized spacial score (nSPS) is 17.1. The van der Waals surface area contributed by atoms with Crippen molar-refractivity contribution in [3.05, 3.63) is 11.9 Å². The first-order chi connectivity index (χ1) is 9.46. The summed E-state index contributed by atoms with van der Waals surface area (Å²) in [7, 11) is 0. The van der Waals surface area contributed by atoms with E-state index in [9.17, 15) is 4.79 Å². The van der Waals surface area contributed by atoms with E-state index in [0.717, 1.165) is 32.4 Å². The highest BCUT2D eigenvalue weighted by molar-refractivity contribution is 5.91. The van der Waals surface area contributed by atoms with Crippen LogP contribution in [0.25, 0.3) is 0 Å². The van der Waals surface area contributed by atoms with Crippen molar-refractivity contribution < 1.29 is 4.79 Å². The lowest BCUT2D eigenvalue weighted by atomic mass is 9.92. The molecule has 0 saturated carbocycles. The lowest BCUT2D eigenvalue weighted by molar-refractivity contribution is 0.0944. The predicted octanol–water partition coefficient (Wildman–Crippen LogP) is 1.37. The number of piperidine rings is 1. The molecule has 20 heavy (non-hydrogen) atoms. The van der Waals surface area contributed by atoms with Gasteiger partial charge in [0.1, 0.15) is 0 Å². The van der Waals surface area contributed by atoms with Gasteiger partial charge in [-0.05, 0) is 37.8 Å². The van der Waals surface area contributed by atoms with Gasteiger partial charge in [-0.3, -0.25) is 4.79 Å². The fourth-order valence-electron chi connectivity index (χ4n) is 2.27. The van der Waals surface area contributed by atoms with Gasteiger partial charge in [0.05, 0.1) is 12.2 Å². The minimum atomic E-state index is -0.130. The summed E-state index contributed by atoms with van der Waals surface area (Å²) in [5.74, 6) is -0.130. The zero-order chi connectivity index (χ0) is 14.6.